The van der Waals surface area contributed by atoms with Crippen LogP contribution in [0.2, 0.25) is 0 Å². The van der Waals surface area contributed by atoms with E-state index in [2.05, 4.69) is 24.1 Å². The van der Waals surface area contributed by atoms with Gasteiger partial charge in [-0.15, -0.1) is 0 Å². The van der Waals surface area contributed by atoms with Crippen molar-refractivity contribution in [2.75, 3.05) is 32.8 Å². The summed E-state index contributed by atoms with van der Waals surface area (Å²) in [5.74, 6) is 0.947. The summed E-state index contributed by atoms with van der Waals surface area (Å²) in [6.07, 6.45) is 3.27. The molecule has 1 N–H and O–H groups in total. The molecule has 0 aromatic heterocycles. The molecule has 0 bridgehead atoms. The average molecular weight is 212 g/mol. The van der Waals surface area contributed by atoms with E-state index in [1.54, 1.807) is 0 Å². The molecule has 2 rings (SSSR count). The lowest BCUT2D eigenvalue weighted by atomic mass is 10.1. The second kappa shape index (κ2) is 5.28. The van der Waals surface area contributed by atoms with E-state index in [0.29, 0.717) is 6.10 Å². The lowest BCUT2D eigenvalue weighted by Gasteiger charge is -2.34. The first-order chi connectivity index (χ1) is 7.29. The van der Waals surface area contributed by atoms with Crippen molar-refractivity contribution in [3.63, 3.8) is 0 Å². The summed E-state index contributed by atoms with van der Waals surface area (Å²) in [5, 5.41) is 3.62. The fraction of sp³-hybridized carbons (Fsp3) is 1.00. The van der Waals surface area contributed by atoms with E-state index in [1.165, 1.54) is 19.4 Å². The Morgan fingerprint density at radius 2 is 2.27 bits per heavy atom. The van der Waals surface area contributed by atoms with Gasteiger partial charge in [0.1, 0.15) is 0 Å². The molecule has 2 fully saturated rings. The van der Waals surface area contributed by atoms with Gasteiger partial charge in [-0.3, -0.25) is 4.90 Å². The Hall–Kier alpha value is -0.120. The van der Waals surface area contributed by atoms with Gasteiger partial charge in [0.25, 0.3) is 0 Å². The van der Waals surface area contributed by atoms with Gasteiger partial charge >= 0.3 is 0 Å². The number of nitrogens with zero attached hydrogens (tertiary/aromatic N) is 1. The molecule has 1 aliphatic heterocycles. The maximum Gasteiger partial charge on any atom is 0.0674 e. The number of hydrogen-bond donors (Lipinski definition) is 1. The first kappa shape index (κ1) is 11.4. The van der Waals surface area contributed by atoms with Crippen molar-refractivity contribution < 1.29 is 4.74 Å². The normalized spacial score (nSPS) is 30.4. The molecule has 2 aliphatic rings. The molecule has 1 saturated heterocycles. The first-order valence-corrected chi connectivity index (χ1v) is 6.37. The predicted molar refractivity (Wildman–Crippen MR) is 62.0 cm³/mol. The minimum absolute atomic E-state index is 0.417. The minimum Gasteiger partial charge on any atom is -0.376 e. The molecule has 0 radical (unpaired) electrons. The van der Waals surface area contributed by atoms with Gasteiger partial charge in [-0.1, -0.05) is 6.92 Å². The van der Waals surface area contributed by atoms with Gasteiger partial charge in [0, 0.05) is 25.7 Å². The van der Waals surface area contributed by atoms with Crippen LogP contribution in [-0.4, -0.2) is 49.8 Å². The number of likely N-dealkylation sites (N-methyl/N-ethyl adjacent to an activating group) is 1. The van der Waals surface area contributed by atoms with Crippen molar-refractivity contribution in [1.29, 1.82) is 0 Å². The van der Waals surface area contributed by atoms with Gasteiger partial charge in [-0.05, 0) is 32.2 Å². The highest BCUT2D eigenvalue weighted by atomic mass is 16.5. The van der Waals surface area contributed by atoms with Crippen LogP contribution >= 0.6 is 0 Å². The van der Waals surface area contributed by atoms with E-state index in [-0.39, 0.29) is 0 Å². The number of rotatable bonds is 5. The van der Waals surface area contributed by atoms with E-state index in [0.717, 1.165) is 38.2 Å². The van der Waals surface area contributed by atoms with Crippen molar-refractivity contribution in [2.24, 2.45) is 5.92 Å². The molecule has 3 heteroatoms. The van der Waals surface area contributed by atoms with Crippen LogP contribution in [0.15, 0.2) is 0 Å². The van der Waals surface area contributed by atoms with Gasteiger partial charge in [-0.2, -0.15) is 0 Å². The van der Waals surface area contributed by atoms with E-state index in [4.69, 9.17) is 4.74 Å². The van der Waals surface area contributed by atoms with Crippen LogP contribution in [-0.2, 0) is 4.74 Å². The maximum absolute atomic E-state index is 5.56. The molecule has 0 aromatic rings. The van der Waals surface area contributed by atoms with E-state index in [1.807, 2.05) is 0 Å². The topological polar surface area (TPSA) is 24.5 Å². The Bertz CT molecular complexity index is 194. The summed E-state index contributed by atoms with van der Waals surface area (Å²) in [4.78, 5) is 2.56. The molecule has 1 saturated carbocycles. The Balaban J connectivity index is 1.77. The second-order valence-corrected chi connectivity index (χ2v) is 4.94. The highest BCUT2D eigenvalue weighted by molar-refractivity contribution is 4.89. The Kier molecular flexibility index (Phi) is 4.00. The lowest BCUT2D eigenvalue weighted by molar-refractivity contribution is -0.0216. The highest BCUT2D eigenvalue weighted by Crippen LogP contribution is 2.33. The third kappa shape index (κ3) is 3.44. The predicted octanol–water partition coefficient (Wildman–Crippen LogP) is 1.10. The number of ether oxygens (including phenoxy) is 1. The van der Waals surface area contributed by atoms with Crippen molar-refractivity contribution in [3.8, 4) is 0 Å². The molecule has 2 atom stereocenters. The summed E-state index contributed by atoms with van der Waals surface area (Å²) in [5.41, 5.74) is 0. The lowest BCUT2D eigenvalue weighted by Crippen LogP contribution is -2.48. The number of hydrogen-bond acceptors (Lipinski definition) is 3. The zero-order chi connectivity index (χ0) is 10.7. The largest absolute Gasteiger partial charge is 0.376 e. The molecule has 1 aliphatic carbocycles. The van der Waals surface area contributed by atoms with Crippen LogP contribution in [0.1, 0.15) is 26.7 Å². The van der Waals surface area contributed by atoms with Gasteiger partial charge in [-0.25, -0.2) is 0 Å². The second-order valence-electron chi connectivity index (χ2n) is 4.94. The van der Waals surface area contributed by atoms with Gasteiger partial charge in [0.2, 0.25) is 0 Å². The molecule has 15 heavy (non-hydrogen) atoms. The molecule has 3 nitrogen and oxygen atoms in total. The van der Waals surface area contributed by atoms with Crippen LogP contribution in [0.3, 0.4) is 0 Å². The number of nitrogens with one attached hydrogen (secondary N) is 1. The summed E-state index contributed by atoms with van der Waals surface area (Å²) in [6.45, 7) is 9.81. The van der Waals surface area contributed by atoms with E-state index >= 15 is 0 Å². The zero-order valence-electron chi connectivity index (χ0n) is 10.0. The Morgan fingerprint density at radius 3 is 2.87 bits per heavy atom. The van der Waals surface area contributed by atoms with E-state index < -0.39 is 0 Å². The van der Waals surface area contributed by atoms with Crippen molar-refractivity contribution in [3.05, 3.63) is 0 Å². The molecule has 1 heterocycles. The van der Waals surface area contributed by atoms with Crippen molar-refractivity contribution in [2.45, 2.75) is 38.8 Å². The maximum atomic E-state index is 5.56. The monoisotopic (exact) mass is 212 g/mol. The van der Waals surface area contributed by atoms with Crippen molar-refractivity contribution >= 4 is 0 Å². The Labute approximate surface area is 93.2 Å². The summed E-state index contributed by atoms with van der Waals surface area (Å²) in [6, 6.07) is 0.722. The fourth-order valence-corrected chi connectivity index (χ4v) is 2.48. The number of morpholine rings is 1. The fourth-order valence-electron chi connectivity index (χ4n) is 2.48. The molecule has 0 amide bonds. The molecular formula is C12H24N2O. The molecular weight excluding hydrogens is 188 g/mol. The van der Waals surface area contributed by atoms with Crippen LogP contribution in [0.25, 0.3) is 0 Å². The van der Waals surface area contributed by atoms with Crippen molar-refractivity contribution in [1.82, 2.24) is 10.2 Å². The third-order valence-corrected chi connectivity index (χ3v) is 3.44. The molecule has 0 aromatic carbocycles. The third-order valence-electron chi connectivity index (χ3n) is 3.44. The van der Waals surface area contributed by atoms with Crippen LogP contribution in [0, 0.1) is 5.92 Å². The highest BCUT2D eigenvalue weighted by Gasteiger charge is 2.32. The standard InChI is InChI=1S/C12H24N2O/c1-3-13-12(11-4-5-11)9-14-6-7-15-10(2)8-14/h10-13H,3-9H2,1-2H3. The Morgan fingerprint density at radius 1 is 1.47 bits per heavy atom. The summed E-state index contributed by atoms with van der Waals surface area (Å²) in [7, 11) is 0. The average Bonchev–Trinajstić information content (AvgIpc) is 3.00. The minimum atomic E-state index is 0.417. The van der Waals surface area contributed by atoms with Gasteiger partial charge in [0.05, 0.1) is 12.7 Å². The van der Waals surface area contributed by atoms with Gasteiger partial charge < -0.3 is 10.1 Å². The quantitative estimate of drug-likeness (QED) is 0.738. The smallest absolute Gasteiger partial charge is 0.0674 e. The summed E-state index contributed by atoms with van der Waals surface area (Å²) >= 11 is 0. The van der Waals surface area contributed by atoms with Crippen LogP contribution in [0.5, 0.6) is 0 Å². The van der Waals surface area contributed by atoms with E-state index in [9.17, 15) is 0 Å². The molecule has 2 unspecified atom stereocenters. The molecule has 88 valence electrons. The molecule has 0 spiro atoms. The summed E-state index contributed by atoms with van der Waals surface area (Å²) < 4.78 is 5.56. The van der Waals surface area contributed by atoms with Crippen LogP contribution < -0.4 is 5.32 Å². The zero-order valence-corrected chi connectivity index (χ0v) is 10.0. The van der Waals surface area contributed by atoms with Crippen LogP contribution in [0.4, 0.5) is 0 Å². The van der Waals surface area contributed by atoms with Gasteiger partial charge in [0.15, 0.2) is 0 Å². The first-order valence-electron chi connectivity index (χ1n) is 6.37. The SMILES string of the molecule is CCNC(CN1CCOC(C)C1)C1CC1.